The van der Waals surface area contributed by atoms with E-state index < -0.39 is 4.92 Å². The number of nitrogens with one attached hydrogen (secondary N) is 1. The first-order valence-corrected chi connectivity index (χ1v) is 9.02. The van der Waals surface area contributed by atoms with Crippen LogP contribution in [0.3, 0.4) is 0 Å². The van der Waals surface area contributed by atoms with Gasteiger partial charge in [-0.25, -0.2) is 0 Å². The third-order valence-corrected chi connectivity index (χ3v) is 4.29. The number of benzene rings is 1. The molecule has 1 heterocycles. The Morgan fingerprint density at radius 3 is 2.72 bits per heavy atom. The summed E-state index contributed by atoms with van der Waals surface area (Å²) in [6.45, 7) is 4.54. The number of nitrogens with zero attached hydrogens (tertiary/aromatic N) is 2. The summed E-state index contributed by atoms with van der Waals surface area (Å²) in [6, 6.07) is 6.27. The topological polar surface area (TPSA) is 84.7 Å². The van der Waals surface area contributed by atoms with Crippen LogP contribution in [0.4, 0.5) is 5.69 Å². The van der Waals surface area contributed by atoms with Crippen molar-refractivity contribution in [3.8, 4) is 5.75 Å². The Hall–Kier alpha value is -2.15. The second kappa shape index (κ2) is 10.7. The highest BCUT2D eigenvalue weighted by Gasteiger charge is 2.13. The molecule has 25 heavy (non-hydrogen) atoms. The average Bonchev–Trinajstić information content (AvgIpc) is 3.12. The number of rotatable bonds is 11. The molecule has 1 aliphatic heterocycles. The number of carbonyl (C=O) groups is 1. The van der Waals surface area contributed by atoms with Gasteiger partial charge in [-0.15, -0.1) is 0 Å². The van der Waals surface area contributed by atoms with E-state index in [0.717, 1.165) is 19.4 Å². The number of hydrogen-bond donors (Lipinski definition) is 1. The van der Waals surface area contributed by atoms with Crippen LogP contribution in [0.25, 0.3) is 0 Å². The van der Waals surface area contributed by atoms with E-state index in [9.17, 15) is 14.9 Å². The molecule has 7 heteroatoms. The van der Waals surface area contributed by atoms with E-state index >= 15 is 0 Å². The Kier molecular flexibility index (Phi) is 8.18. The summed E-state index contributed by atoms with van der Waals surface area (Å²) in [4.78, 5) is 24.6. The number of hydrogen-bond acceptors (Lipinski definition) is 5. The quantitative estimate of drug-likeness (QED) is 0.377. The first-order valence-electron chi connectivity index (χ1n) is 9.02. The normalized spacial score (nSPS) is 14.4. The van der Waals surface area contributed by atoms with Crippen molar-refractivity contribution in [2.24, 2.45) is 0 Å². The number of para-hydroxylation sites is 2. The molecule has 1 aromatic rings. The predicted molar refractivity (Wildman–Crippen MR) is 95.7 cm³/mol. The molecule has 1 N–H and O–H groups in total. The third-order valence-electron chi connectivity index (χ3n) is 4.29. The van der Waals surface area contributed by atoms with Crippen LogP contribution in [-0.2, 0) is 4.79 Å². The first kappa shape index (κ1) is 19.2. The molecule has 1 saturated heterocycles. The summed E-state index contributed by atoms with van der Waals surface area (Å²) in [5, 5.41) is 13.8. The van der Waals surface area contributed by atoms with E-state index in [1.165, 1.54) is 32.0 Å². The van der Waals surface area contributed by atoms with Crippen LogP contribution in [0.1, 0.15) is 38.5 Å². The Labute approximate surface area is 148 Å². The zero-order chi connectivity index (χ0) is 17.9. The van der Waals surface area contributed by atoms with E-state index in [1.54, 1.807) is 18.2 Å². The van der Waals surface area contributed by atoms with Gasteiger partial charge >= 0.3 is 5.69 Å². The van der Waals surface area contributed by atoms with Crippen molar-refractivity contribution in [3.05, 3.63) is 34.4 Å². The number of ether oxygens (including phenoxy) is 1. The highest BCUT2D eigenvalue weighted by molar-refractivity contribution is 5.75. The van der Waals surface area contributed by atoms with Crippen LogP contribution in [0.15, 0.2) is 24.3 Å². The maximum Gasteiger partial charge on any atom is 0.310 e. The van der Waals surface area contributed by atoms with Crippen LogP contribution < -0.4 is 10.1 Å². The molecule has 0 aliphatic carbocycles. The lowest BCUT2D eigenvalue weighted by Crippen LogP contribution is -2.26. The molecule has 0 bridgehead atoms. The van der Waals surface area contributed by atoms with Crippen molar-refractivity contribution in [1.82, 2.24) is 10.2 Å². The molecular formula is C18H27N3O4. The van der Waals surface area contributed by atoms with Crippen molar-refractivity contribution < 1.29 is 14.5 Å². The fourth-order valence-electron chi connectivity index (χ4n) is 2.93. The largest absolute Gasteiger partial charge is 0.487 e. The van der Waals surface area contributed by atoms with Gasteiger partial charge in [0.05, 0.1) is 11.5 Å². The minimum absolute atomic E-state index is 0.00679. The first-order chi connectivity index (χ1) is 12.2. The monoisotopic (exact) mass is 349 g/mol. The van der Waals surface area contributed by atoms with E-state index in [1.807, 2.05) is 0 Å². The van der Waals surface area contributed by atoms with E-state index in [0.29, 0.717) is 19.4 Å². The van der Waals surface area contributed by atoms with Crippen molar-refractivity contribution >= 4 is 11.6 Å². The lowest BCUT2D eigenvalue weighted by atomic mass is 10.2. The summed E-state index contributed by atoms with van der Waals surface area (Å²) in [5.41, 5.74) is -0.0510. The number of unbranched alkanes of at least 4 members (excludes halogenated alkanes) is 1. The second-order valence-corrected chi connectivity index (χ2v) is 6.28. The molecule has 1 amide bonds. The van der Waals surface area contributed by atoms with Gasteiger partial charge in [0.15, 0.2) is 5.75 Å². The van der Waals surface area contributed by atoms with Crippen LogP contribution in [-0.4, -0.2) is 48.5 Å². The Bertz CT molecular complexity index is 559. The van der Waals surface area contributed by atoms with Gasteiger partial charge in [-0.3, -0.25) is 14.9 Å². The molecule has 138 valence electrons. The SMILES string of the molecule is O=C(CCCOc1ccccc1[N+](=O)[O-])NCCCCN1CCCC1. The Morgan fingerprint density at radius 1 is 1.20 bits per heavy atom. The molecule has 0 saturated carbocycles. The average molecular weight is 349 g/mol. The number of nitro benzene ring substituents is 1. The maximum absolute atomic E-state index is 11.8. The number of nitro groups is 1. The van der Waals surface area contributed by atoms with Gasteiger partial charge in [0.25, 0.3) is 0 Å². The van der Waals surface area contributed by atoms with Crippen LogP contribution in [0.2, 0.25) is 0 Å². The molecule has 0 radical (unpaired) electrons. The van der Waals surface area contributed by atoms with Gasteiger partial charge in [-0.05, 0) is 57.8 Å². The van der Waals surface area contributed by atoms with Gasteiger partial charge in [0.2, 0.25) is 5.91 Å². The predicted octanol–water partition coefficient (Wildman–Crippen LogP) is 2.75. The minimum atomic E-state index is -0.468. The molecule has 0 atom stereocenters. The Balaban J connectivity index is 1.51. The molecule has 0 unspecified atom stereocenters. The summed E-state index contributed by atoms with van der Waals surface area (Å²) in [5.74, 6) is 0.252. The number of amides is 1. The molecule has 2 rings (SSSR count). The van der Waals surface area contributed by atoms with Crippen molar-refractivity contribution in [2.45, 2.75) is 38.5 Å². The van der Waals surface area contributed by atoms with E-state index in [4.69, 9.17) is 4.74 Å². The highest BCUT2D eigenvalue weighted by Crippen LogP contribution is 2.25. The van der Waals surface area contributed by atoms with E-state index in [2.05, 4.69) is 10.2 Å². The van der Waals surface area contributed by atoms with Crippen LogP contribution in [0.5, 0.6) is 5.75 Å². The summed E-state index contributed by atoms with van der Waals surface area (Å²) >= 11 is 0. The molecule has 0 spiro atoms. The van der Waals surface area contributed by atoms with Crippen LogP contribution in [0, 0.1) is 10.1 Å². The van der Waals surface area contributed by atoms with Crippen molar-refractivity contribution in [2.75, 3.05) is 32.8 Å². The lowest BCUT2D eigenvalue weighted by molar-refractivity contribution is -0.385. The molecule has 1 fully saturated rings. The third kappa shape index (κ3) is 7.09. The fraction of sp³-hybridized carbons (Fsp3) is 0.611. The standard InChI is InChI=1S/C18H27N3O4/c22-18(19-11-3-4-12-20-13-5-6-14-20)10-7-15-25-17-9-2-1-8-16(17)21(23)24/h1-2,8-9H,3-7,10-15H2,(H,19,22). The van der Waals surface area contributed by atoms with Crippen molar-refractivity contribution in [1.29, 1.82) is 0 Å². The molecular weight excluding hydrogens is 322 g/mol. The zero-order valence-corrected chi connectivity index (χ0v) is 14.6. The van der Waals surface area contributed by atoms with E-state index in [-0.39, 0.29) is 24.0 Å². The van der Waals surface area contributed by atoms with Gasteiger partial charge in [-0.2, -0.15) is 0 Å². The maximum atomic E-state index is 11.8. The molecule has 1 aliphatic rings. The van der Waals surface area contributed by atoms with Gasteiger partial charge in [-0.1, -0.05) is 12.1 Å². The Morgan fingerprint density at radius 2 is 1.96 bits per heavy atom. The van der Waals surface area contributed by atoms with Gasteiger partial charge in [0, 0.05) is 19.0 Å². The molecule has 1 aromatic carbocycles. The zero-order valence-electron chi connectivity index (χ0n) is 14.6. The minimum Gasteiger partial charge on any atom is -0.487 e. The smallest absolute Gasteiger partial charge is 0.310 e. The van der Waals surface area contributed by atoms with Crippen molar-refractivity contribution in [3.63, 3.8) is 0 Å². The molecule has 7 nitrogen and oxygen atoms in total. The van der Waals surface area contributed by atoms with Crippen LogP contribution >= 0.6 is 0 Å². The fourth-order valence-corrected chi connectivity index (χ4v) is 2.93. The lowest BCUT2D eigenvalue weighted by Gasteiger charge is -2.14. The second-order valence-electron chi connectivity index (χ2n) is 6.28. The number of carbonyl (C=O) groups excluding carboxylic acids is 1. The summed E-state index contributed by atoms with van der Waals surface area (Å²) in [7, 11) is 0. The highest BCUT2D eigenvalue weighted by atomic mass is 16.6. The number of likely N-dealkylation sites (tertiary alicyclic amines) is 1. The van der Waals surface area contributed by atoms with Gasteiger partial charge < -0.3 is 15.0 Å². The van der Waals surface area contributed by atoms with Gasteiger partial charge in [0.1, 0.15) is 0 Å². The summed E-state index contributed by atoms with van der Waals surface area (Å²) < 4.78 is 5.42. The summed E-state index contributed by atoms with van der Waals surface area (Å²) in [6.07, 6.45) is 5.63. The molecule has 0 aromatic heterocycles.